The number of anilines is 2. The SMILES string of the molecule is COC(=O)c1cccc(N)c1NC(C)c1ccco1. The average Bonchev–Trinajstić information content (AvgIpc) is 2.94. The Labute approximate surface area is 111 Å². The Hall–Kier alpha value is -2.43. The Morgan fingerprint density at radius 1 is 1.37 bits per heavy atom. The van der Waals surface area contributed by atoms with Gasteiger partial charge in [0.15, 0.2) is 0 Å². The molecule has 5 heteroatoms. The number of ether oxygens (including phenoxy) is 1. The molecule has 100 valence electrons. The molecule has 0 saturated heterocycles. The van der Waals surface area contributed by atoms with Crippen LogP contribution in [0, 0.1) is 0 Å². The fourth-order valence-corrected chi connectivity index (χ4v) is 1.84. The van der Waals surface area contributed by atoms with Crippen LogP contribution in [0.2, 0.25) is 0 Å². The number of benzene rings is 1. The van der Waals surface area contributed by atoms with Crippen LogP contribution in [0.4, 0.5) is 11.4 Å². The first-order valence-electron chi connectivity index (χ1n) is 5.90. The molecule has 0 bridgehead atoms. The number of nitrogens with one attached hydrogen (secondary N) is 1. The van der Waals surface area contributed by atoms with Gasteiger partial charge in [-0.3, -0.25) is 0 Å². The summed E-state index contributed by atoms with van der Waals surface area (Å²) in [6.07, 6.45) is 1.60. The van der Waals surface area contributed by atoms with Gasteiger partial charge in [-0.2, -0.15) is 0 Å². The van der Waals surface area contributed by atoms with E-state index in [-0.39, 0.29) is 6.04 Å². The van der Waals surface area contributed by atoms with Crippen LogP contribution in [-0.2, 0) is 4.74 Å². The monoisotopic (exact) mass is 260 g/mol. The lowest BCUT2D eigenvalue weighted by atomic mass is 10.1. The second-order valence-electron chi connectivity index (χ2n) is 4.14. The summed E-state index contributed by atoms with van der Waals surface area (Å²) in [6, 6.07) is 8.66. The van der Waals surface area contributed by atoms with E-state index < -0.39 is 5.97 Å². The Kier molecular flexibility index (Phi) is 3.75. The van der Waals surface area contributed by atoms with Crippen molar-refractivity contribution in [1.29, 1.82) is 0 Å². The molecule has 1 aromatic heterocycles. The van der Waals surface area contributed by atoms with Gasteiger partial charge in [0.05, 0.1) is 36.4 Å². The standard InChI is InChI=1S/C14H16N2O3/c1-9(12-7-4-8-19-12)16-13-10(14(17)18-2)5-3-6-11(13)15/h3-9,16H,15H2,1-2H3. The normalized spacial score (nSPS) is 11.9. The Morgan fingerprint density at radius 3 is 2.79 bits per heavy atom. The lowest BCUT2D eigenvalue weighted by Gasteiger charge is -2.17. The molecule has 5 nitrogen and oxygen atoms in total. The van der Waals surface area contributed by atoms with Crippen molar-refractivity contribution in [1.82, 2.24) is 0 Å². The average molecular weight is 260 g/mol. The maximum atomic E-state index is 11.7. The van der Waals surface area contributed by atoms with E-state index in [2.05, 4.69) is 5.32 Å². The molecule has 0 saturated carbocycles. The Bertz CT molecular complexity index is 564. The van der Waals surface area contributed by atoms with Crippen LogP contribution in [-0.4, -0.2) is 13.1 Å². The highest BCUT2D eigenvalue weighted by molar-refractivity contribution is 5.98. The summed E-state index contributed by atoms with van der Waals surface area (Å²) in [5, 5.41) is 3.18. The van der Waals surface area contributed by atoms with E-state index in [1.165, 1.54) is 7.11 Å². The summed E-state index contributed by atoms with van der Waals surface area (Å²) in [5.74, 6) is 0.334. The number of rotatable bonds is 4. The molecule has 1 heterocycles. The Balaban J connectivity index is 2.31. The zero-order chi connectivity index (χ0) is 13.8. The van der Waals surface area contributed by atoms with Crippen molar-refractivity contribution >= 4 is 17.3 Å². The predicted molar refractivity (Wildman–Crippen MR) is 72.9 cm³/mol. The minimum atomic E-state index is -0.429. The van der Waals surface area contributed by atoms with Gasteiger partial charge >= 0.3 is 5.97 Å². The lowest BCUT2D eigenvalue weighted by molar-refractivity contribution is 0.0602. The molecular weight excluding hydrogens is 244 g/mol. The molecule has 1 unspecified atom stereocenters. The highest BCUT2D eigenvalue weighted by atomic mass is 16.5. The highest BCUT2D eigenvalue weighted by Gasteiger charge is 2.17. The van der Waals surface area contributed by atoms with E-state index in [9.17, 15) is 4.79 Å². The van der Waals surface area contributed by atoms with Crippen molar-refractivity contribution in [2.45, 2.75) is 13.0 Å². The fourth-order valence-electron chi connectivity index (χ4n) is 1.84. The van der Waals surface area contributed by atoms with Crippen molar-refractivity contribution in [3.05, 3.63) is 47.9 Å². The third kappa shape index (κ3) is 2.70. The molecule has 1 atom stereocenters. The number of furan rings is 1. The van der Waals surface area contributed by atoms with Crippen LogP contribution in [0.5, 0.6) is 0 Å². The van der Waals surface area contributed by atoms with Crippen molar-refractivity contribution in [2.24, 2.45) is 0 Å². The number of hydrogen-bond acceptors (Lipinski definition) is 5. The smallest absolute Gasteiger partial charge is 0.340 e. The summed E-state index contributed by atoms with van der Waals surface area (Å²) in [7, 11) is 1.34. The van der Waals surface area contributed by atoms with Crippen LogP contribution in [0.3, 0.4) is 0 Å². The number of para-hydroxylation sites is 1. The van der Waals surface area contributed by atoms with Gasteiger partial charge in [0.1, 0.15) is 5.76 Å². The third-order valence-electron chi connectivity index (χ3n) is 2.83. The van der Waals surface area contributed by atoms with Crippen molar-refractivity contribution < 1.29 is 13.9 Å². The van der Waals surface area contributed by atoms with Gasteiger partial charge in [0.2, 0.25) is 0 Å². The van der Waals surface area contributed by atoms with E-state index in [0.717, 1.165) is 5.76 Å². The quantitative estimate of drug-likeness (QED) is 0.653. The van der Waals surface area contributed by atoms with Crippen LogP contribution in [0.1, 0.15) is 29.1 Å². The molecule has 0 radical (unpaired) electrons. The van der Waals surface area contributed by atoms with Crippen molar-refractivity contribution in [2.75, 3.05) is 18.2 Å². The van der Waals surface area contributed by atoms with E-state index in [1.807, 2.05) is 19.1 Å². The number of hydrogen-bond donors (Lipinski definition) is 2. The maximum absolute atomic E-state index is 11.7. The zero-order valence-electron chi connectivity index (χ0n) is 10.8. The summed E-state index contributed by atoms with van der Waals surface area (Å²) >= 11 is 0. The minimum Gasteiger partial charge on any atom is -0.467 e. The van der Waals surface area contributed by atoms with Gasteiger partial charge in [0, 0.05) is 0 Å². The molecule has 3 N–H and O–H groups in total. The number of nitrogens with two attached hydrogens (primary N) is 1. The first-order chi connectivity index (χ1) is 9.13. The highest BCUT2D eigenvalue weighted by Crippen LogP contribution is 2.28. The van der Waals surface area contributed by atoms with Gasteiger partial charge in [-0.25, -0.2) is 4.79 Å². The molecule has 0 fully saturated rings. The Morgan fingerprint density at radius 2 is 2.16 bits per heavy atom. The molecule has 2 rings (SSSR count). The lowest BCUT2D eigenvalue weighted by Crippen LogP contribution is -2.13. The molecule has 0 amide bonds. The first-order valence-corrected chi connectivity index (χ1v) is 5.90. The van der Waals surface area contributed by atoms with Crippen LogP contribution >= 0.6 is 0 Å². The van der Waals surface area contributed by atoms with E-state index in [0.29, 0.717) is 16.9 Å². The van der Waals surface area contributed by atoms with Crippen LogP contribution < -0.4 is 11.1 Å². The predicted octanol–water partition coefficient (Wildman–Crippen LogP) is 2.82. The maximum Gasteiger partial charge on any atom is 0.340 e. The number of nitrogen functional groups attached to an aromatic ring is 1. The van der Waals surface area contributed by atoms with Crippen LogP contribution in [0.25, 0.3) is 0 Å². The fraction of sp³-hybridized carbons (Fsp3) is 0.214. The molecule has 0 aliphatic heterocycles. The molecule has 19 heavy (non-hydrogen) atoms. The number of carbonyl (C=O) groups is 1. The first kappa shape index (κ1) is 13.0. The number of esters is 1. The van der Waals surface area contributed by atoms with Gasteiger partial charge in [-0.05, 0) is 31.2 Å². The summed E-state index contributed by atoms with van der Waals surface area (Å²) in [5.41, 5.74) is 7.36. The van der Waals surface area contributed by atoms with E-state index >= 15 is 0 Å². The van der Waals surface area contributed by atoms with Gasteiger partial charge in [-0.1, -0.05) is 6.07 Å². The third-order valence-corrected chi connectivity index (χ3v) is 2.83. The van der Waals surface area contributed by atoms with Crippen LogP contribution in [0.15, 0.2) is 41.0 Å². The van der Waals surface area contributed by atoms with Gasteiger partial charge < -0.3 is 20.2 Å². The summed E-state index contributed by atoms with van der Waals surface area (Å²) < 4.78 is 10.1. The molecule has 0 aliphatic carbocycles. The minimum absolute atomic E-state index is 0.108. The number of carbonyl (C=O) groups excluding carboxylic acids is 1. The van der Waals surface area contributed by atoms with E-state index in [4.69, 9.17) is 14.9 Å². The molecular formula is C14H16N2O3. The number of methoxy groups -OCH3 is 1. The summed E-state index contributed by atoms with van der Waals surface area (Å²) in [6.45, 7) is 1.92. The molecule has 0 spiro atoms. The zero-order valence-corrected chi connectivity index (χ0v) is 10.8. The largest absolute Gasteiger partial charge is 0.467 e. The van der Waals surface area contributed by atoms with Crippen molar-refractivity contribution in [3.63, 3.8) is 0 Å². The summed E-state index contributed by atoms with van der Waals surface area (Å²) in [4.78, 5) is 11.7. The van der Waals surface area contributed by atoms with Gasteiger partial charge in [-0.15, -0.1) is 0 Å². The molecule has 2 aromatic rings. The second kappa shape index (κ2) is 5.48. The van der Waals surface area contributed by atoms with E-state index in [1.54, 1.807) is 24.5 Å². The van der Waals surface area contributed by atoms with Crippen molar-refractivity contribution in [3.8, 4) is 0 Å². The topological polar surface area (TPSA) is 77.5 Å². The second-order valence-corrected chi connectivity index (χ2v) is 4.14. The molecule has 1 aromatic carbocycles. The van der Waals surface area contributed by atoms with Gasteiger partial charge in [0.25, 0.3) is 0 Å². The molecule has 0 aliphatic rings.